The Labute approximate surface area is 208 Å². The molecule has 1 aromatic heterocycles. The second-order valence-electron chi connectivity index (χ2n) is 9.42. The monoisotopic (exact) mass is 464 g/mol. The number of fused-ring (bicyclic) bond motifs is 4. The first-order valence-electron chi connectivity index (χ1n) is 12.7. The first-order chi connectivity index (χ1) is 17.0. The van der Waals surface area contributed by atoms with Crippen LogP contribution in [0.15, 0.2) is 72.8 Å². The molecule has 0 spiro atoms. The highest BCUT2D eigenvalue weighted by Crippen LogP contribution is 2.37. The number of nitrogens with one attached hydrogen (secondary N) is 2. The molecule has 2 N–H and O–H groups in total. The Hall–Kier alpha value is -3.66. The van der Waals surface area contributed by atoms with Crippen molar-refractivity contribution in [2.45, 2.75) is 53.5 Å². The van der Waals surface area contributed by atoms with Gasteiger partial charge in [0, 0.05) is 34.3 Å². The van der Waals surface area contributed by atoms with Crippen molar-refractivity contribution in [1.82, 2.24) is 9.47 Å². The van der Waals surface area contributed by atoms with Gasteiger partial charge in [-0.1, -0.05) is 87.9 Å². The lowest BCUT2D eigenvalue weighted by Gasteiger charge is -2.27. The predicted octanol–water partition coefficient (Wildman–Crippen LogP) is 8.09. The Balaban J connectivity index is 0.000000527. The number of aromatic nitrogens is 1. The Morgan fingerprint density at radius 1 is 1.00 bits per heavy atom. The first-order valence-corrected chi connectivity index (χ1v) is 12.7. The number of rotatable bonds is 5. The quantitative estimate of drug-likeness (QED) is 0.227. The third-order valence-electron chi connectivity index (χ3n) is 6.84. The molecular formula is C31H36N4. The number of hydrogen-bond donors (Lipinski definition) is 2. The van der Waals surface area contributed by atoms with Gasteiger partial charge < -0.3 is 4.57 Å². The van der Waals surface area contributed by atoms with Crippen molar-refractivity contribution in [3.05, 3.63) is 89.6 Å². The van der Waals surface area contributed by atoms with Crippen LogP contribution in [0.1, 0.15) is 57.4 Å². The summed E-state index contributed by atoms with van der Waals surface area (Å²) in [5, 5.41) is 20.5. The van der Waals surface area contributed by atoms with Gasteiger partial charge in [0.2, 0.25) is 0 Å². The molecular weight excluding hydrogens is 428 g/mol. The molecule has 0 saturated heterocycles. The summed E-state index contributed by atoms with van der Waals surface area (Å²) in [4.78, 5) is 1.72. The minimum Gasteiger partial charge on any atom is -0.344 e. The number of aryl methyl sites for hydroxylation is 1. The maximum Gasteiger partial charge on any atom is 0.137 e. The molecule has 4 nitrogen and oxygen atoms in total. The summed E-state index contributed by atoms with van der Waals surface area (Å²) in [5.41, 5.74) is 5.43. The highest BCUT2D eigenvalue weighted by molar-refractivity contribution is 6.11. The van der Waals surface area contributed by atoms with Gasteiger partial charge in [0.15, 0.2) is 0 Å². The molecule has 0 unspecified atom stereocenters. The van der Waals surface area contributed by atoms with Crippen LogP contribution in [0.3, 0.4) is 0 Å². The Morgan fingerprint density at radius 2 is 1.69 bits per heavy atom. The Kier molecular flexibility index (Phi) is 7.50. The van der Waals surface area contributed by atoms with E-state index in [0.29, 0.717) is 5.84 Å². The SMILES string of the molecule is CCC(C)C.CCn1c2c(c3ccccc31)C(N(C=N)C(=N)c1ccc3ccccc3c1)=CCC2. The average Bonchev–Trinajstić information content (AvgIpc) is 3.23. The molecule has 0 fully saturated rings. The third kappa shape index (κ3) is 4.79. The maximum absolute atomic E-state index is 8.93. The second kappa shape index (κ2) is 10.7. The lowest BCUT2D eigenvalue weighted by Crippen LogP contribution is -2.29. The van der Waals surface area contributed by atoms with Crippen molar-refractivity contribution in [3.63, 3.8) is 0 Å². The van der Waals surface area contributed by atoms with Crippen molar-refractivity contribution < 1.29 is 0 Å². The first kappa shape index (κ1) is 24.5. The van der Waals surface area contributed by atoms with Crippen LogP contribution in [0.4, 0.5) is 0 Å². The highest BCUT2D eigenvalue weighted by Gasteiger charge is 2.26. The van der Waals surface area contributed by atoms with Crippen LogP contribution in [0.2, 0.25) is 0 Å². The molecule has 4 heteroatoms. The lowest BCUT2D eigenvalue weighted by molar-refractivity contribution is 0.626. The summed E-state index contributed by atoms with van der Waals surface area (Å²) in [6.07, 6.45) is 6.65. The number of benzene rings is 3. The molecule has 1 aliphatic carbocycles. The zero-order chi connectivity index (χ0) is 24.9. The summed E-state index contributed by atoms with van der Waals surface area (Å²) in [5.74, 6) is 1.21. The normalized spacial score (nSPS) is 12.7. The molecule has 0 amide bonds. The molecule has 1 heterocycles. The van der Waals surface area contributed by atoms with E-state index in [1.807, 2.05) is 30.3 Å². The Bertz CT molecular complexity index is 1390. The zero-order valence-electron chi connectivity index (χ0n) is 21.3. The molecule has 0 atom stereocenters. The third-order valence-corrected chi connectivity index (χ3v) is 6.84. The van der Waals surface area contributed by atoms with Gasteiger partial charge in [-0.2, -0.15) is 0 Å². The van der Waals surface area contributed by atoms with Crippen molar-refractivity contribution in [2.24, 2.45) is 5.92 Å². The fourth-order valence-corrected chi connectivity index (χ4v) is 4.66. The number of hydrogen-bond acceptors (Lipinski definition) is 2. The molecule has 0 aliphatic heterocycles. The van der Waals surface area contributed by atoms with E-state index in [9.17, 15) is 0 Å². The van der Waals surface area contributed by atoms with Crippen LogP contribution in [-0.2, 0) is 13.0 Å². The Morgan fingerprint density at radius 3 is 2.37 bits per heavy atom. The topological polar surface area (TPSA) is 55.9 Å². The van der Waals surface area contributed by atoms with Crippen molar-refractivity contribution >= 4 is 39.5 Å². The standard InChI is InChI=1S/C26H24N4.C5H12/c1-2-29-22-11-6-5-10-21(22)25-23(29)12-7-13-24(25)30(17-27)26(28)20-15-14-18-8-3-4-9-19(18)16-20;1-4-5(2)3/h3-6,8-11,13-17,27-28H,2,7,12H2,1H3;5H,4H2,1-3H3. The van der Waals surface area contributed by atoms with Crippen molar-refractivity contribution in [3.8, 4) is 0 Å². The van der Waals surface area contributed by atoms with Crippen LogP contribution >= 0.6 is 0 Å². The summed E-state index contributed by atoms with van der Waals surface area (Å²) in [6.45, 7) is 9.73. The fraction of sp³-hybridized carbons (Fsp3) is 0.290. The van der Waals surface area contributed by atoms with Crippen molar-refractivity contribution in [1.29, 1.82) is 10.8 Å². The molecule has 0 bridgehead atoms. The minimum atomic E-state index is 0.322. The van der Waals surface area contributed by atoms with E-state index in [0.717, 1.165) is 52.9 Å². The summed E-state index contributed by atoms with van der Waals surface area (Å²) < 4.78 is 2.37. The second-order valence-corrected chi connectivity index (χ2v) is 9.42. The zero-order valence-corrected chi connectivity index (χ0v) is 21.3. The van der Waals surface area contributed by atoms with E-state index in [-0.39, 0.29) is 0 Å². The van der Waals surface area contributed by atoms with Gasteiger partial charge in [0.05, 0.1) is 12.0 Å². The molecule has 180 valence electrons. The molecule has 35 heavy (non-hydrogen) atoms. The van der Waals surface area contributed by atoms with Gasteiger partial charge in [-0.05, 0) is 48.6 Å². The van der Waals surface area contributed by atoms with Gasteiger partial charge >= 0.3 is 0 Å². The smallest absolute Gasteiger partial charge is 0.137 e. The van der Waals surface area contributed by atoms with Crippen LogP contribution < -0.4 is 0 Å². The van der Waals surface area contributed by atoms with E-state index in [1.165, 1.54) is 29.4 Å². The summed E-state index contributed by atoms with van der Waals surface area (Å²) in [6, 6.07) is 22.7. The van der Waals surface area contributed by atoms with Gasteiger partial charge in [-0.15, -0.1) is 0 Å². The maximum atomic E-state index is 8.93. The average molecular weight is 465 g/mol. The molecule has 4 aromatic rings. The van der Waals surface area contributed by atoms with E-state index in [2.05, 4.69) is 74.7 Å². The van der Waals surface area contributed by atoms with Gasteiger partial charge in [-0.25, -0.2) is 0 Å². The van der Waals surface area contributed by atoms with Crippen LogP contribution in [-0.4, -0.2) is 21.6 Å². The van der Waals surface area contributed by atoms with Crippen molar-refractivity contribution in [2.75, 3.05) is 0 Å². The summed E-state index contributed by atoms with van der Waals surface area (Å²) in [7, 11) is 0. The minimum absolute atomic E-state index is 0.322. The molecule has 0 saturated carbocycles. The number of amidine groups is 1. The number of nitrogens with zero attached hydrogens (tertiary/aromatic N) is 2. The molecule has 0 radical (unpaired) electrons. The van der Waals surface area contributed by atoms with Crippen LogP contribution in [0.25, 0.3) is 27.4 Å². The lowest BCUT2D eigenvalue weighted by atomic mass is 9.97. The van der Waals surface area contributed by atoms with E-state index in [4.69, 9.17) is 10.8 Å². The molecule has 3 aromatic carbocycles. The van der Waals surface area contributed by atoms with E-state index in [1.54, 1.807) is 4.90 Å². The largest absolute Gasteiger partial charge is 0.344 e. The fourth-order valence-electron chi connectivity index (χ4n) is 4.66. The number of allylic oxidation sites excluding steroid dienone is 1. The predicted molar refractivity (Wildman–Crippen MR) is 150 cm³/mol. The highest BCUT2D eigenvalue weighted by atomic mass is 15.2. The van der Waals surface area contributed by atoms with Gasteiger partial charge in [-0.3, -0.25) is 15.7 Å². The van der Waals surface area contributed by atoms with E-state index >= 15 is 0 Å². The summed E-state index contributed by atoms with van der Waals surface area (Å²) >= 11 is 0. The van der Waals surface area contributed by atoms with Gasteiger partial charge in [0.25, 0.3) is 0 Å². The van der Waals surface area contributed by atoms with E-state index < -0.39 is 0 Å². The number of para-hydroxylation sites is 1. The van der Waals surface area contributed by atoms with Crippen LogP contribution in [0.5, 0.6) is 0 Å². The molecule has 1 aliphatic rings. The van der Waals surface area contributed by atoms with Gasteiger partial charge in [0.1, 0.15) is 5.84 Å². The molecule has 5 rings (SSSR count). The van der Waals surface area contributed by atoms with Crippen LogP contribution in [0, 0.1) is 16.7 Å².